The number of rotatable bonds is 1. The van der Waals surface area contributed by atoms with E-state index >= 15 is 0 Å². The quantitative estimate of drug-likeness (QED) is 0.582. The Bertz CT molecular complexity index is 182. The Morgan fingerprint density at radius 1 is 1.25 bits per heavy atom. The van der Waals surface area contributed by atoms with Crippen LogP contribution in [0.5, 0.6) is 0 Å². The SMILES string of the molecule is CN(C1=NCCCC1)C1CCC1. The molecule has 0 bridgehead atoms. The van der Waals surface area contributed by atoms with Crippen molar-refractivity contribution in [1.82, 2.24) is 4.90 Å². The van der Waals surface area contributed by atoms with Crippen LogP contribution in [0.3, 0.4) is 0 Å². The molecule has 68 valence electrons. The van der Waals surface area contributed by atoms with Gasteiger partial charge in [-0.1, -0.05) is 0 Å². The molecule has 0 amide bonds. The lowest BCUT2D eigenvalue weighted by Crippen LogP contribution is -2.42. The minimum atomic E-state index is 0.821. The highest BCUT2D eigenvalue weighted by atomic mass is 15.2. The van der Waals surface area contributed by atoms with Crippen molar-refractivity contribution in [1.29, 1.82) is 0 Å². The van der Waals surface area contributed by atoms with Crippen LogP contribution in [0.2, 0.25) is 0 Å². The largest absolute Gasteiger partial charge is 0.360 e. The average molecular weight is 166 g/mol. The number of hydrogen-bond acceptors (Lipinski definition) is 2. The summed E-state index contributed by atoms with van der Waals surface area (Å²) in [6, 6.07) is 0.821. The molecule has 0 spiro atoms. The minimum absolute atomic E-state index is 0.821. The van der Waals surface area contributed by atoms with Crippen molar-refractivity contribution >= 4 is 5.84 Å². The first-order valence-electron chi connectivity index (χ1n) is 5.14. The van der Waals surface area contributed by atoms with Crippen LogP contribution in [0.1, 0.15) is 38.5 Å². The number of aliphatic imine (C=N–C) groups is 1. The van der Waals surface area contributed by atoms with E-state index in [0.29, 0.717) is 0 Å². The third kappa shape index (κ3) is 1.47. The molecule has 0 radical (unpaired) electrons. The lowest BCUT2D eigenvalue weighted by atomic mass is 9.91. The van der Waals surface area contributed by atoms with Gasteiger partial charge in [-0.3, -0.25) is 4.99 Å². The van der Waals surface area contributed by atoms with E-state index in [9.17, 15) is 0 Å². The van der Waals surface area contributed by atoms with Crippen LogP contribution < -0.4 is 0 Å². The van der Waals surface area contributed by atoms with Crippen molar-refractivity contribution in [3.05, 3.63) is 0 Å². The van der Waals surface area contributed by atoms with Gasteiger partial charge in [-0.2, -0.15) is 0 Å². The third-order valence-corrected chi connectivity index (χ3v) is 3.13. The van der Waals surface area contributed by atoms with Crippen LogP contribution in [-0.2, 0) is 0 Å². The van der Waals surface area contributed by atoms with E-state index in [4.69, 9.17) is 0 Å². The molecule has 2 nitrogen and oxygen atoms in total. The van der Waals surface area contributed by atoms with E-state index in [1.165, 1.54) is 44.4 Å². The fraction of sp³-hybridized carbons (Fsp3) is 0.900. The molecule has 0 aromatic carbocycles. The van der Waals surface area contributed by atoms with E-state index in [0.717, 1.165) is 12.6 Å². The lowest BCUT2D eigenvalue weighted by Gasteiger charge is -2.37. The van der Waals surface area contributed by atoms with Gasteiger partial charge in [0.2, 0.25) is 0 Å². The number of nitrogens with zero attached hydrogens (tertiary/aromatic N) is 2. The Balaban J connectivity index is 1.92. The molecule has 0 unspecified atom stereocenters. The Morgan fingerprint density at radius 2 is 2.08 bits per heavy atom. The Labute approximate surface area is 74.7 Å². The van der Waals surface area contributed by atoms with Crippen molar-refractivity contribution in [2.45, 2.75) is 44.6 Å². The van der Waals surface area contributed by atoms with Gasteiger partial charge in [-0.05, 0) is 32.1 Å². The van der Waals surface area contributed by atoms with Gasteiger partial charge < -0.3 is 4.90 Å². The minimum Gasteiger partial charge on any atom is -0.360 e. The van der Waals surface area contributed by atoms with E-state index in [1.807, 2.05) is 0 Å². The predicted octanol–water partition coefficient (Wildman–Crippen LogP) is 2.05. The van der Waals surface area contributed by atoms with Crippen molar-refractivity contribution in [2.75, 3.05) is 13.6 Å². The molecule has 1 heterocycles. The predicted molar refractivity (Wildman–Crippen MR) is 51.6 cm³/mol. The standard InChI is InChI=1S/C10H18N2/c1-12(9-5-4-6-9)10-7-2-3-8-11-10/h9H,2-8H2,1H3. The highest BCUT2D eigenvalue weighted by Gasteiger charge is 2.24. The van der Waals surface area contributed by atoms with Gasteiger partial charge in [0, 0.05) is 26.1 Å². The summed E-state index contributed by atoms with van der Waals surface area (Å²) in [6.07, 6.45) is 8.04. The van der Waals surface area contributed by atoms with E-state index < -0.39 is 0 Å². The molecule has 2 heteroatoms. The smallest absolute Gasteiger partial charge is 0.0988 e. The Morgan fingerprint density at radius 3 is 2.58 bits per heavy atom. The van der Waals surface area contributed by atoms with Crippen molar-refractivity contribution < 1.29 is 0 Å². The highest BCUT2D eigenvalue weighted by molar-refractivity contribution is 5.82. The summed E-state index contributed by atoms with van der Waals surface area (Å²) in [5.41, 5.74) is 0. The topological polar surface area (TPSA) is 15.6 Å². The molecular weight excluding hydrogens is 148 g/mol. The van der Waals surface area contributed by atoms with Crippen LogP contribution in [0.15, 0.2) is 4.99 Å². The average Bonchev–Trinajstić information content (AvgIpc) is 2.03. The zero-order valence-corrected chi connectivity index (χ0v) is 7.92. The number of amidine groups is 1. The number of hydrogen-bond donors (Lipinski definition) is 0. The second kappa shape index (κ2) is 3.46. The van der Waals surface area contributed by atoms with E-state index in [-0.39, 0.29) is 0 Å². The van der Waals surface area contributed by atoms with Gasteiger partial charge >= 0.3 is 0 Å². The molecule has 0 N–H and O–H groups in total. The summed E-state index contributed by atoms with van der Waals surface area (Å²) in [4.78, 5) is 6.99. The summed E-state index contributed by atoms with van der Waals surface area (Å²) in [7, 11) is 2.22. The van der Waals surface area contributed by atoms with Crippen molar-refractivity contribution in [3.63, 3.8) is 0 Å². The van der Waals surface area contributed by atoms with Crippen molar-refractivity contribution in [3.8, 4) is 0 Å². The van der Waals surface area contributed by atoms with Gasteiger partial charge in [0.1, 0.15) is 0 Å². The maximum atomic E-state index is 4.57. The van der Waals surface area contributed by atoms with Crippen LogP contribution in [-0.4, -0.2) is 30.4 Å². The van der Waals surface area contributed by atoms with Crippen LogP contribution in [0, 0.1) is 0 Å². The van der Waals surface area contributed by atoms with Crippen LogP contribution >= 0.6 is 0 Å². The zero-order valence-electron chi connectivity index (χ0n) is 7.92. The first-order valence-corrected chi connectivity index (χ1v) is 5.14. The fourth-order valence-electron chi connectivity index (χ4n) is 1.95. The molecule has 2 rings (SSSR count). The second-order valence-electron chi connectivity index (χ2n) is 3.95. The fourth-order valence-corrected chi connectivity index (χ4v) is 1.95. The Kier molecular flexibility index (Phi) is 2.33. The van der Waals surface area contributed by atoms with E-state index in [2.05, 4.69) is 16.9 Å². The van der Waals surface area contributed by atoms with Gasteiger partial charge in [0.25, 0.3) is 0 Å². The molecule has 0 saturated heterocycles. The van der Waals surface area contributed by atoms with E-state index in [1.54, 1.807) is 0 Å². The van der Waals surface area contributed by atoms with Gasteiger partial charge in [-0.15, -0.1) is 0 Å². The molecule has 1 aliphatic heterocycles. The molecule has 12 heavy (non-hydrogen) atoms. The van der Waals surface area contributed by atoms with Crippen molar-refractivity contribution in [2.24, 2.45) is 4.99 Å². The third-order valence-electron chi connectivity index (χ3n) is 3.13. The maximum Gasteiger partial charge on any atom is 0.0988 e. The molecule has 1 saturated carbocycles. The molecule has 1 aliphatic carbocycles. The first kappa shape index (κ1) is 8.09. The summed E-state index contributed by atoms with van der Waals surface area (Å²) >= 11 is 0. The summed E-state index contributed by atoms with van der Waals surface area (Å²) < 4.78 is 0. The van der Waals surface area contributed by atoms with Crippen LogP contribution in [0.25, 0.3) is 0 Å². The van der Waals surface area contributed by atoms with Gasteiger partial charge in [-0.25, -0.2) is 0 Å². The zero-order chi connectivity index (χ0) is 8.39. The monoisotopic (exact) mass is 166 g/mol. The summed E-state index contributed by atoms with van der Waals surface area (Å²) in [5.74, 6) is 1.37. The molecule has 0 aromatic rings. The highest BCUT2D eigenvalue weighted by Crippen LogP contribution is 2.25. The summed E-state index contributed by atoms with van der Waals surface area (Å²) in [6.45, 7) is 1.06. The molecule has 0 atom stereocenters. The maximum absolute atomic E-state index is 4.57. The normalized spacial score (nSPS) is 24.6. The first-order chi connectivity index (χ1) is 5.88. The lowest BCUT2D eigenvalue weighted by molar-refractivity contribution is 0.235. The molecule has 0 aromatic heterocycles. The molecule has 1 fully saturated rings. The van der Waals surface area contributed by atoms with Crippen LogP contribution in [0.4, 0.5) is 0 Å². The van der Waals surface area contributed by atoms with Gasteiger partial charge in [0.15, 0.2) is 0 Å². The molecular formula is C10H18N2. The Hall–Kier alpha value is -0.530. The summed E-state index contributed by atoms with van der Waals surface area (Å²) in [5, 5.41) is 0. The van der Waals surface area contributed by atoms with Gasteiger partial charge in [0.05, 0.1) is 5.84 Å². The molecule has 2 aliphatic rings. The second-order valence-corrected chi connectivity index (χ2v) is 3.95.